The molecule has 1 aliphatic carbocycles. The van der Waals surface area contributed by atoms with Crippen molar-refractivity contribution in [3.05, 3.63) is 81.3 Å². The Morgan fingerprint density at radius 3 is 2.27 bits per heavy atom. The van der Waals surface area contributed by atoms with E-state index in [9.17, 15) is 35.9 Å². The van der Waals surface area contributed by atoms with E-state index in [-0.39, 0.29) is 23.1 Å². The largest absolute Gasteiger partial charge is 0.416 e. The zero-order valence-electron chi connectivity index (χ0n) is 21.8. The van der Waals surface area contributed by atoms with Gasteiger partial charge in [-0.05, 0) is 72.1 Å². The van der Waals surface area contributed by atoms with E-state index in [1.54, 1.807) is 13.2 Å². The van der Waals surface area contributed by atoms with Gasteiger partial charge in [-0.15, -0.1) is 0 Å². The highest BCUT2D eigenvalue weighted by Crippen LogP contribution is 2.45. The van der Waals surface area contributed by atoms with Crippen molar-refractivity contribution < 1.29 is 31.1 Å². The van der Waals surface area contributed by atoms with Crippen LogP contribution in [-0.4, -0.2) is 28.5 Å². The van der Waals surface area contributed by atoms with Crippen LogP contribution in [0.15, 0.2) is 53.5 Å². The van der Waals surface area contributed by atoms with Crippen LogP contribution in [0.5, 0.6) is 0 Å². The van der Waals surface area contributed by atoms with Gasteiger partial charge in [0.05, 0.1) is 16.5 Å². The number of hydrogen-bond acceptors (Lipinski definition) is 3. The highest BCUT2D eigenvalue weighted by molar-refractivity contribution is 5.83. The summed E-state index contributed by atoms with van der Waals surface area (Å²) < 4.78 is 81.1. The summed E-state index contributed by atoms with van der Waals surface area (Å²) in [5.74, 6) is 0.0139. The molecule has 1 N–H and O–H groups in total. The van der Waals surface area contributed by atoms with Crippen LogP contribution in [0.1, 0.15) is 47.9 Å². The van der Waals surface area contributed by atoms with Crippen molar-refractivity contribution in [1.82, 2.24) is 14.8 Å². The predicted molar refractivity (Wildman–Crippen MR) is 137 cm³/mol. The van der Waals surface area contributed by atoms with Crippen LogP contribution in [0.25, 0.3) is 10.8 Å². The Balaban J connectivity index is 1.32. The molecule has 1 aliphatic heterocycles. The number of benzene rings is 2. The van der Waals surface area contributed by atoms with E-state index in [1.807, 2.05) is 24.3 Å². The van der Waals surface area contributed by atoms with Crippen molar-refractivity contribution in [2.24, 2.45) is 18.4 Å². The second kappa shape index (κ2) is 10.2. The summed E-state index contributed by atoms with van der Waals surface area (Å²) in [6.07, 6.45) is -5.07. The molecule has 2 aromatic carbocycles. The standard InChI is InChI=1S/C29H29F6N3O2/c1-37-8-6-21-5-4-19(12-24(21)25(37)39)16-38-9-7-27(17-38,14-18-2-3-18)26(40)36-15-20-10-22(28(30,31)32)13-23(11-20)29(33,34)35/h4-6,8,10-13,18H,2-3,7,9,14-17H2,1H3,(H,36,40). The molecule has 5 nitrogen and oxygen atoms in total. The number of nitrogens with one attached hydrogen (secondary N) is 1. The molecule has 0 spiro atoms. The number of carbonyl (C=O) groups is 1. The molecule has 2 fully saturated rings. The summed E-state index contributed by atoms with van der Waals surface area (Å²) >= 11 is 0. The quantitative estimate of drug-likeness (QED) is 0.364. The number of pyridine rings is 1. The molecule has 0 radical (unpaired) electrons. The molecule has 1 saturated carbocycles. The van der Waals surface area contributed by atoms with E-state index in [0.29, 0.717) is 55.9 Å². The maximum atomic E-state index is 13.5. The fourth-order valence-electron chi connectivity index (χ4n) is 5.64. The zero-order chi connectivity index (χ0) is 28.9. The summed E-state index contributed by atoms with van der Waals surface area (Å²) in [5, 5.41) is 4.08. The number of rotatable bonds is 7. The van der Waals surface area contributed by atoms with Crippen molar-refractivity contribution in [2.45, 2.75) is 51.1 Å². The van der Waals surface area contributed by atoms with Crippen molar-refractivity contribution >= 4 is 16.7 Å². The maximum Gasteiger partial charge on any atom is 0.416 e. The summed E-state index contributed by atoms with van der Waals surface area (Å²) in [4.78, 5) is 28.2. The van der Waals surface area contributed by atoms with Gasteiger partial charge in [0.1, 0.15) is 0 Å². The number of likely N-dealkylation sites (tertiary alicyclic amines) is 1. The van der Waals surface area contributed by atoms with Gasteiger partial charge < -0.3 is 9.88 Å². The van der Waals surface area contributed by atoms with E-state index in [0.717, 1.165) is 23.8 Å². The van der Waals surface area contributed by atoms with E-state index < -0.39 is 35.4 Å². The Bertz CT molecular complexity index is 1460. The second-order valence-corrected chi connectivity index (χ2v) is 11.1. The molecule has 2 aliphatic rings. The Morgan fingerprint density at radius 1 is 0.975 bits per heavy atom. The third-order valence-electron chi connectivity index (χ3n) is 7.94. The third kappa shape index (κ3) is 6.04. The first-order valence-corrected chi connectivity index (χ1v) is 13.1. The average molecular weight is 566 g/mol. The Morgan fingerprint density at radius 2 is 1.65 bits per heavy atom. The van der Waals surface area contributed by atoms with Gasteiger partial charge in [0.15, 0.2) is 0 Å². The number of aromatic nitrogens is 1. The summed E-state index contributed by atoms with van der Waals surface area (Å²) in [5.41, 5.74) is -3.05. The first-order valence-electron chi connectivity index (χ1n) is 13.1. The van der Waals surface area contributed by atoms with E-state index >= 15 is 0 Å². The lowest BCUT2D eigenvalue weighted by atomic mass is 9.80. The van der Waals surface area contributed by atoms with E-state index in [2.05, 4.69) is 10.2 Å². The van der Waals surface area contributed by atoms with Gasteiger partial charge in [0.25, 0.3) is 5.56 Å². The molecule has 0 bridgehead atoms. The number of amides is 1. The molecule has 214 valence electrons. The molecular weight excluding hydrogens is 536 g/mol. The first kappa shape index (κ1) is 28.2. The molecule has 1 saturated heterocycles. The van der Waals surface area contributed by atoms with Gasteiger partial charge in [0, 0.05) is 38.3 Å². The number of fused-ring (bicyclic) bond motifs is 1. The number of alkyl halides is 6. The van der Waals surface area contributed by atoms with Gasteiger partial charge in [0.2, 0.25) is 5.91 Å². The topological polar surface area (TPSA) is 54.3 Å². The van der Waals surface area contributed by atoms with Crippen molar-refractivity contribution in [1.29, 1.82) is 0 Å². The van der Waals surface area contributed by atoms with E-state index in [4.69, 9.17) is 0 Å². The van der Waals surface area contributed by atoms with Gasteiger partial charge in [-0.2, -0.15) is 26.3 Å². The molecule has 1 amide bonds. The van der Waals surface area contributed by atoms with Crippen LogP contribution >= 0.6 is 0 Å². The first-order chi connectivity index (χ1) is 18.7. The van der Waals surface area contributed by atoms with Crippen LogP contribution in [0, 0.1) is 11.3 Å². The monoisotopic (exact) mass is 565 g/mol. The van der Waals surface area contributed by atoms with Gasteiger partial charge in [-0.3, -0.25) is 14.5 Å². The number of aryl methyl sites for hydroxylation is 1. The van der Waals surface area contributed by atoms with Crippen molar-refractivity contribution in [3.63, 3.8) is 0 Å². The molecule has 1 atom stereocenters. The fourth-order valence-corrected chi connectivity index (χ4v) is 5.64. The minimum Gasteiger partial charge on any atom is -0.352 e. The Labute approximate surface area is 226 Å². The SMILES string of the molecule is Cn1ccc2ccc(CN3CCC(CC4CC4)(C(=O)NCc4cc(C(F)(F)F)cc(C(F)(F)F)c4)C3)cc2c1=O. The zero-order valence-corrected chi connectivity index (χ0v) is 21.8. The fraction of sp³-hybridized carbons (Fsp3) is 0.448. The van der Waals surface area contributed by atoms with Crippen LogP contribution in [-0.2, 0) is 37.3 Å². The summed E-state index contributed by atoms with van der Waals surface area (Å²) in [7, 11) is 1.68. The number of carbonyl (C=O) groups excluding carboxylic acids is 1. The van der Waals surface area contributed by atoms with Crippen LogP contribution < -0.4 is 10.9 Å². The maximum absolute atomic E-state index is 13.5. The third-order valence-corrected chi connectivity index (χ3v) is 7.94. The molecule has 2 heterocycles. The number of hydrogen-bond donors (Lipinski definition) is 1. The van der Waals surface area contributed by atoms with E-state index in [1.165, 1.54) is 4.57 Å². The van der Waals surface area contributed by atoms with Gasteiger partial charge >= 0.3 is 12.4 Å². The molecule has 1 aromatic heterocycles. The van der Waals surface area contributed by atoms with Crippen LogP contribution in [0.3, 0.4) is 0 Å². The highest BCUT2D eigenvalue weighted by atomic mass is 19.4. The average Bonchev–Trinajstić information content (AvgIpc) is 3.61. The molecule has 11 heteroatoms. The molecule has 40 heavy (non-hydrogen) atoms. The molecule has 1 unspecified atom stereocenters. The summed E-state index contributed by atoms with van der Waals surface area (Å²) in [6.45, 7) is 1.09. The van der Waals surface area contributed by atoms with Crippen molar-refractivity contribution in [3.8, 4) is 0 Å². The number of halogens is 6. The summed E-state index contributed by atoms with van der Waals surface area (Å²) in [6, 6.07) is 8.92. The minimum atomic E-state index is -4.95. The molecular formula is C29H29F6N3O2. The van der Waals surface area contributed by atoms with Crippen LogP contribution in [0.2, 0.25) is 0 Å². The Kier molecular flexibility index (Phi) is 7.22. The van der Waals surface area contributed by atoms with Gasteiger partial charge in [-0.1, -0.05) is 25.0 Å². The lowest BCUT2D eigenvalue weighted by molar-refractivity contribution is -0.143. The Hall–Kier alpha value is -3.34. The highest BCUT2D eigenvalue weighted by Gasteiger charge is 2.47. The minimum absolute atomic E-state index is 0.0807. The predicted octanol–water partition coefficient (Wildman–Crippen LogP) is 5.88. The molecule has 3 aromatic rings. The van der Waals surface area contributed by atoms with Gasteiger partial charge in [-0.25, -0.2) is 0 Å². The lowest BCUT2D eigenvalue weighted by Gasteiger charge is -2.29. The van der Waals surface area contributed by atoms with Crippen LogP contribution in [0.4, 0.5) is 26.3 Å². The molecule has 5 rings (SSSR count). The smallest absolute Gasteiger partial charge is 0.352 e. The second-order valence-electron chi connectivity index (χ2n) is 11.1. The normalized spacial score (nSPS) is 20.3. The lowest BCUT2D eigenvalue weighted by Crippen LogP contribution is -2.43. The van der Waals surface area contributed by atoms with Crippen molar-refractivity contribution in [2.75, 3.05) is 13.1 Å². The number of nitrogens with zero attached hydrogens (tertiary/aromatic N) is 2.